The summed E-state index contributed by atoms with van der Waals surface area (Å²) in [5.74, 6) is -2.55. The molecule has 0 bridgehead atoms. The first-order valence-corrected chi connectivity index (χ1v) is 7.07. The van der Waals surface area contributed by atoms with Crippen LogP contribution < -0.4 is 4.74 Å². The van der Waals surface area contributed by atoms with Gasteiger partial charge in [-0.2, -0.15) is 8.78 Å². The molecule has 19 heavy (non-hydrogen) atoms. The molecule has 8 heteroatoms. The summed E-state index contributed by atoms with van der Waals surface area (Å²) in [6.07, 6.45) is -0.528. The third-order valence-corrected chi connectivity index (χ3v) is 3.77. The highest BCUT2D eigenvalue weighted by Gasteiger charge is 2.18. The number of alkyl halides is 2. The summed E-state index contributed by atoms with van der Waals surface area (Å²) in [6.45, 7) is -3.05. The molecule has 0 unspecified atom stereocenters. The van der Waals surface area contributed by atoms with Gasteiger partial charge in [0.15, 0.2) is 9.84 Å². The van der Waals surface area contributed by atoms with Crippen LogP contribution in [0, 0.1) is 0 Å². The van der Waals surface area contributed by atoms with Crippen molar-refractivity contribution in [3.8, 4) is 5.75 Å². The van der Waals surface area contributed by atoms with E-state index in [4.69, 9.17) is 5.11 Å². The van der Waals surface area contributed by atoms with Gasteiger partial charge in [0, 0.05) is 5.56 Å². The first-order chi connectivity index (χ1) is 8.80. The van der Waals surface area contributed by atoms with Gasteiger partial charge in [-0.1, -0.05) is 18.2 Å². The quantitative estimate of drug-likeness (QED) is 0.827. The summed E-state index contributed by atoms with van der Waals surface area (Å²) in [4.78, 5) is 10.3. The average molecular weight is 294 g/mol. The largest absolute Gasteiger partial charge is 0.481 e. The van der Waals surface area contributed by atoms with Crippen molar-refractivity contribution >= 4 is 15.8 Å². The normalized spacial score (nSPS) is 11.5. The number of carboxylic acids is 1. The second kappa shape index (κ2) is 6.46. The van der Waals surface area contributed by atoms with Crippen LogP contribution in [0.1, 0.15) is 12.0 Å². The minimum absolute atomic E-state index is 0.0770. The number of ether oxygens (including phenoxy) is 1. The van der Waals surface area contributed by atoms with Gasteiger partial charge in [0.25, 0.3) is 0 Å². The summed E-state index contributed by atoms with van der Waals surface area (Å²) in [5.41, 5.74) is 0.0770. The van der Waals surface area contributed by atoms with Gasteiger partial charge >= 0.3 is 12.6 Å². The van der Waals surface area contributed by atoms with E-state index in [0.717, 1.165) is 0 Å². The molecule has 0 atom stereocenters. The van der Waals surface area contributed by atoms with Crippen molar-refractivity contribution in [1.82, 2.24) is 0 Å². The lowest BCUT2D eigenvalue weighted by molar-refractivity contribution is -0.136. The first kappa shape index (κ1) is 15.4. The van der Waals surface area contributed by atoms with Crippen molar-refractivity contribution in [2.24, 2.45) is 0 Å². The molecule has 5 nitrogen and oxygen atoms in total. The van der Waals surface area contributed by atoms with Gasteiger partial charge in [-0.3, -0.25) is 4.79 Å². The van der Waals surface area contributed by atoms with Crippen LogP contribution >= 0.6 is 0 Å². The van der Waals surface area contributed by atoms with Crippen molar-refractivity contribution in [2.45, 2.75) is 18.8 Å². The number of rotatable bonds is 7. The number of benzene rings is 1. The number of para-hydroxylation sites is 1. The number of hydrogen-bond donors (Lipinski definition) is 1. The van der Waals surface area contributed by atoms with Gasteiger partial charge in [-0.25, -0.2) is 8.42 Å². The topological polar surface area (TPSA) is 80.7 Å². The van der Waals surface area contributed by atoms with E-state index in [0.29, 0.717) is 0 Å². The Balaban J connectivity index is 2.83. The number of carbonyl (C=O) groups is 1. The van der Waals surface area contributed by atoms with Crippen molar-refractivity contribution in [1.29, 1.82) is 0 Å². The maximum absolute atomic E-state index is 12.1. The standard InChI is InChI=1S/C11H12F2O5S/c12-11(13)18-9-4-2-1-3-8(9)7-19(16,17)6-5-10(14)15/h1-4,11H,5-7H2,(H,14,15). The van der Waals surface area contributed by atoms with Crippen LogP contribution in [-0.2, 0) is 20.4 Å². The monoisotopic (exact) mass is 294 g/mol. The Bertz CT molecular complexity index is 542. The van der Waals surface area contributed by atoms with E-state index in [1.807, 2.05) is 0 Å². The molecule has 0 saturated carbocycles. The van der Waals surface area contributed by atoms with Crippen LogP contribution in [0.4, 0.5) is 8.78 Å². The van der Waals surface area contributed by atoms with Gasteiger partial charge in [0.1, 0.15) is 5.75 Å². The Labute approximate surface area is 108 Å². The van der Waals surface area contributed by atoms with Crippen LogP contribution in [0.3, 0.4) is 0 Å². The molecule has 1 aromatic rings. The highest BCUT2D eigenvalue weighted by molar-refractivity contribution is 7.90. The summed E-state index contributed by atoms with van der Waals surface area (Å²) in [7, 11) is -3.69. The van der Waals surface area contributed by atoms with Crippen LogP contribution in [0.15, 0.2) is 24.3 Å². The van der Waals surface area contributed by atoms with Crippen molar-refractivity contribution < 1.29 is 31.8 Å². The minimum Gasteiger partial charge on any atom is -0.481 e. The molecular formula is C11H12F2O5S. The molecule has 0 radical (unpaired) electrons. The third kappa shape index (κ3) is 5.64. The maximum atomic E-state index is 12.1. The Hall–Kier alpha value is -1.70. The molecule has 1 N–H and O–H groups in total. The highest BCUT2D eigenvalue weighted by atomic mass is 32.2. The molecule has 0 spiro atoms. The lowest BCUT2D eigenvalue weighted by Crippen LogP contribution is -2.14. The third-order valence-electron chi connectivity index (χ3n) is 2.19. The number of hydrogen-bond acceptors (Lipinski definition) is 4. The van der Waals surface area contributed by atoms with Crippen LogP contribution in [0.5, 0.6) is 5.75 Å². The number of aliphatic carboxylic acids is 1. The minimum atomic E-state index is -3.69. The second-order valence-corrected chi connectivity index (χ2v) is 5.91. The Morgan fingerprint density at radius 2 is 1.95 bits per heavy atom. The summed E-state index contributed by atoms with van der Waals surface area (Å²) < 4.78 is 51.8. The molecule has 1 rings (SSSR count). The van der Waals surface area contributed by atoms with E-state index in [1.54, 1.807) is 0 Å². The van der Waals surface area contributed by atoms with E-state index in [2.05, 4.69) is 4.74 Å². The first-order valence-electron chi connectivity index (χ1n) is 5.25. The van der Waals surface area contributed by atoms with Crippen molar-refractivity contribution in [3.05, 3.63) is 29.8 Å². The Kier molecular flexibility index (Phi) is 5.22. The van der Waals surface area contributed by atoms with E-state index < -0.39 is 40.3 Å². The van der Waals surface area contributed by atoms with Crippen molar-refractivity contribution in [2.75, 3.05) is 5.75 Å². The van der Waals surface area contributed by atoms with Crippen LogP contribution in [-0.4, -0.2) is 31.9 Å². The lowest BCUT2D eigenvalue weighted by Gasteiger charge is -2.10. The molecule has 0 aliphatic rings. The summed E-state index contributed by atoms with van der Waals surface area (Å²) >= 11 is 0. The van der Waals surface area contributed by atoms with Crippen LogP contribution in [0.2, 0.25) is 0 Å². The van der Waals surface area contributed by atoms with E-state index in [-0.39, 0.29) is 11.3 Å². The van der Waals surface area contributed by atoms with Crippen LogP contribution in [0.25, 0.3) is 0 Å². The van der Waals surface area contributed by atoms with E-state index in [9.17, 15) is 22.0 Å². The number of halogens is 2. The van der Waals surface area contributed by atoms with Gasteiger partial charge in [0.05, 0.1) is 17.9 Å². The molecule has 0 aliphatic carbocycles. The molecule has 0 saturated heterocycles. The molecule has 1 aromatic carbocycles. The Morgan fingerprint density at radius 1 is 1.32 bits per heavy atom. The maximum Gasteiger partial charge on any atom is 0.387 e. The fourth-order valence-corrected chi connectivity index (χ4v) is 2.73. The lowest BCUT2D eigenvalue weighted by atomic mass is 10.2. The fraction of sp³-hybridized carbons (Fsp3) is 0.364. The van der Waals surface area contributed by atoms with E-state index >= 15 is 0 Å². The molecule has 0 amide bonds. The molecule has 0 aliphatic heterocycles. The van der Waals surface area contributed by atoms with Gasteiger partial charge in [-0.15, -0.1) is 0 Å². The zero-order valence-corrected chi connectivity index (χ0v) is 10.6. The molecule has 0 heterocycles. The molecule has 0 fully saturated rings. The zero-order chi connectivity index (χ0) is 14.5. The molecule has 0 aromatic heterocycles. The fourth-order valence-electron chi connectivity index (χ4n) is 1.39. The average Bonchev–Trinajstić information content (AvgIpc) is 2.28. The number of sulfone groups is 1. The highest BCUT2D eigenvalue weighted by Crippen LogP contribution is 2.22. The van der Waals surface area contributed by atoms with E-state index in [1.165, 1.54) is 24.3 Å². The predicted octanol–water partition coefficient (Wildman–Crippen LogP) is 1.68. The van der Waals surface area contributed by atoms with Gasteiger partial charge in [0.2, 0.25) is 0 Å². The van der Waals surface area contributed by atoms with Gasteiger partial charge in [-0.05, 0) is 6.07 Å². The smallest absolute Gasteiger partial charge is 0.387 e. The van der Waals surface area contributed by atoms with Gasteiger partial charge < -0.3 is 9.84 Å². The number of carboxylic acid groups (broad SMARTS) is 1. The molecule has 106 valence electrons. The Morgan fingerprint density at radius 3 is 2.53 bits per heavy atom. The van der Waals surface area contributed by atoms with Crippen molar-refractivity contribution in [3.63, 3.8) is 0 Å². The SMILES string of the molecule is O=C(O)CCS(=O)(=O)Cc1ccccc1OC(F)F. The predicted molar refractivity (Wildman–Crippen MR) is 62.8 cm³/mol. The summed E-state index contributed by atoms with van der Waals surface area (Å²) in [5, 5.41) is 8.43. The zero-order valence-electron chi connectivity index (χ0n) is 9.75. The second-order valence-electron chi connectivity index (χ2n) is 3.72. The summed E-state index contributed by atoms with van der Waals surface area (Å²) in [6, 6.07) is 5.50. The molecular weight excluding hydrogens is 282 g/mol.